The lowest BCUT2D eigenvalue weighted by atomic mass is 10.1. The van der Waals surface area contributed by atoms with Crippen molar-refractivity contribution in [3.8, 4) is 5.75 Å². The van der Waals surface area contributed by atoms with Crippen LogP contribution in [-0.4, -0.2) is 13.0 Å². The zero-order valence-electron chi connectivity index (χ0n) is 13.1. The van der Waals surface area contributed by atoms with E-state index in [0.29, 0.717) is 20.7 Å². The normalized spacial score (nSPS) is 12.2. The van der Waals surface area contributed by atoms with Crippen LogP contribution in [0, 0.1) is 0 Å². The second kappa shape index (κ2) is 7.01. The maximum Gasteiger partial charge on any atom is 0.263 e. The number of methoxy groups -OCH3 is 1. The highest BCUT2D eigenvalue weighted by Gasteiger charge is 2.21. The maximum atomic E-state index is 12.6. The van der Waals surface area contributed by atoms with Gasteiger partial charge in [0, 0.05) is 5.39 Å². The molecule has 0 aliphatic rings. The molecule has 0 saturated heterocycles. The van der Waals surface area contributed by atoms with Crippen molar-refractivity contribution < 1.29 is 9.53 Å². The number of carbonyl (C=O) groups excluding carboxylic acids is 1. The minimum absolute atomic E-state index is 0.120. The van der Waals surface area contributed by atoms with Gasteiger partial charge in [-0.3, -0.25) is 4.79 Å². The molecule has 1 N–H and O–H groups in total. The van der Waals surface area contributed by atoms with Crippen LogP contribution in [-0.2, 0) is 0 Å². The largest absolute Gasteiger partial charge is 0.495 e. The van der Waals surface area contributed by atoms with E-state index < -0.39 is 0 Å². The van der Waals surface area contributed by atoms with Gasteiger partial charge in [0.05, 0.1) is 22.9 Å². The standard InChI is InChI=1S/C18H15Cl2NO2S/c1-10(11-6-4-3-5-7-11)21-18(22)17-14(19)12-8-9-13(23-2)15(20)16(12)24-17/h3-10H,1-2H3,(H,21,22)/t10-/m1/s1. The Balaban J connectivity index is 1.93. The van der Waals surface area contributed by atoms with Crippen LogP contribution >= 0.6 is 34.5 Å². The summed E-state index contributed by atoms with van der Waals surface area (Å²) in [7, 11) is 1.55. The number of ether oxygens (including phenoxy) is 1. The molecule has 6 heteroatoms. The molecule has 0 bridgehead atoms. The Labute approximate surface area is 154 Å². The molecule has 3 rings (SSSR count). The predicted octanol–water partition coefficient (Wildman–Crippen LogP) is 5.71. The molecule has 124 valence electrons. The first kappa shape index (κ1) is 17.1. The Morgan fingerprint density at radius 2 is 1.83 bits per heavy atom. The van der Waals surface area contributed by atoms with Gasteiger partial charge in [0.25, 0.3) is 5.91 Å². The monoisotopic (exact) mass is 379 g/mol. The highest BCUT2D eigenvalue weighted by molar-refractivity contribution is 7.22. The average Bonchev–Trinajstić information content (AvgIpc) is 2.94. The zero-order chi connectivity index (χ0) is 17.3. The summed E-state index contributed by atoms with van der Waals surface area (Å²) in [6, 6.07) is 13.2. The molecular formula is C18H15Cl2NO2S. The quantitative estimate of drug-likeness (QED) is 0.630. The summed E-state index contributed by atoms with van der Waals surface area (Å²) in [6.45, 7) is 1.93. The lowest BCUT2D eigenvalue weighted by Crippen LogP contribution is -2.26. The molecular weight excluding hydrogens is 365 g/mol. The van der Waals surface area contributed by atoms with Gasteiger partial charge >= 0.3 is 0 Å². The lowest BCUT2D eigenvalue weighted by molar-refractivity contribution is 0.0944. The van der Waals surface area contributed by atoms with Gasteiger partial charge < -0.3 is 10.1 Å². The van der Waals surface area contributed by atoms with Crippen LogP contribution in [0.5, 0.6) is 5.75 Å². The van der Waals surface area contributed by atoms with Gasteiger partial charge in [0.2, 0.25) is 0 Å². The van der Waals surface area contributed by atoms with E-state index in [-0.39, 0.29) is 11.9 Å². The summed E-state index contributed by atoms with van der Waals surface area (Å²) in [5.74, 6) is 0.347. The Morgan fingerprint density at radius 3 is 2.50 bits per heavy atom. The molecule has 3 nitrogen and oxygen atoms in total. The fourth-order valence-electron chi connectivity index (χ4n) is 2.47. The van der Waals surface area contributed by atoms with Gasteiger partial charge in [0.1, 0.15) is 15.6 Å². The highest BCUT2D eigenvalue weighted by Crippen LogP contribution is 2.43. The summed E-state index contributed by atoms with van der Waals surface area (Å²) in [5.41, 5.74) is 1.03. The van der Waals surface area contributed by atoms with Crippen molar-refractivity contribution in [2.24, 2.45) is 0 Å². The van der Waals surface area contributed by atoms with Crippen molar-refractivity contribution in [2.75, 3.05) is 7.11 Å². The number of hydrogen-bond donors (Lipinski definition) is 1. The molecule has 3 aromatic rings. The van der Waals surface area contributed by atoms with E-state index in [1.165, 1.54) is 11.3 Å². The van der Waals surface area contributed by atoms with Gasteiger partial charge in [-0.2, -0.15) is 0 Å². The second-order valence-corrected chi connectivity index (χ2v) is 7.09. The van der Waals surface area contributed by atoms with Gasteiger partial charge in [-0.25, -0.2) is 0 Å². The van der Waals surface area contributed by atoms with E-state index in [2.05, 4.69) is 5.32 Å². The van der Waals surface area contributed by atoms with Crippen LogP contribution in [0.15, 0.2) is 42.5 Å². The molecule has 1 aromatic heterocycles. The minimum Gasteiger partial charge on any atom is -0.495 e. The lowest BCUT2D eigenvalue weighted by Gasteiger charge is -2.13. The van der Waals surface area contributed by atoms with Crippen LogP contribution in [0.1, 0.15) is 28.2 Å². The van der Waals surface area contributed by atoms with E-state index in [1.807, 2.05) is 43.3 Å². The van der Waals surface area contributed by atoms with Gasteiger partial charge in [0.15, 0.2) is 0 Å². The fraction of sp³-hybridized carbons (Fsp3) is 0.167. The summed E-state index contributed by atoms with van der Waals surface area (Å²) in [6.07, 6.45) is 0. The van der Waals surface area contributed by atoms with Crippen LogP contribution in [0.25, 0.3) is 10.1 Å². The second-order valence-electron chi connectivity index (χ2n) is 5.31. The summed E-state index contributed by atoms with van der Waals surface area (Å²) >= 11 is 14.0. The van der Waals surface area contributed by atoms with E-state index in [4.69, 9.17) is 27.9 Å². The molecule has 0 aliphatic heterocycles. The molecule has 24 heavy (non-hydrogen) atoms. The number of benzene rings is 2. The van der Waals surface area contributed by atoms with E-state index >= 15 is 0 Å². The summed E-state index contributed by atoms with van der Waals surface area (Å²) in [5, 5.41) is 4.61. The number of hydrogen-bond acceptors (Lipinski definition) is 3. The molecule has 1 amide bonds. The van der Waals surface area contributed by atoms with Crippen molar-refractivity contribution in [2.45, 2.75) is 13.0 Å². The molecule has 1 atom stereocenters. The molecule has 2 aromatic carbocycles. The first-order valence-electron chi connectivity index (χ1n) is 7.33. The molecule has 0 aliphatic carbocycles. The predicted molar refractivity (Wildman–Crippen MR) is 101 cm³/mol. The third-order valence-corrected chi connectivity index (χ3v) is 5.99. The maximum absolute atomic E-state index is 12.6. The van der Waals surface area contributed by atoms with Crippen molar-refractivity contribution in [3.63, 3.8) is 0 Å². The Kier molecular flexibility index (Phi) is 4.99. The minimum atomic E-state index is -0.215. The van der Waals surface area contributed by atoms with E-state index in [0.717, 1.165) is 15.6 Å². The molecule has 1 heterocycles. The molecule has 0 saturated carbocycles. The molecule has 0 radical (unpaired) electrons. The summed E-state index contributed by atoms with van der Waals surface area (Å²) in [4.78, 5) is 13.1. The van der Waals surface area contributed by atoms with E-state index in [9.17, 15) is 4.79 Å². The zero-order valence-corrected chi connectivity index (χ0v) is 15.4. The number of halogens is 2. The van der Waals surface area contributed by atoms with Crippen LogP contribution in [0.3, 0.4) is 0 Å². The van der Waals surface area contributed by atoms with Gasteiger partial charge in [-0.05, 0) is 24.6 Å². The van der Waals surface area contributed by atoms with Crippen molar-refractivity contribution in [1.29, 1.82) is 0 Å². The number of rotatable bonds is 4. The number of nitrogens with one attached hydrogen (secondary N) is 1. The van der Waals surface area contributed by atoms with E-state index in [1.54, 1.807) is 13.2 Å². The number of carbonyl (C=O) groups is 1. The smallest absolute Gasteiger partial charge is 0.263 e. The fourth-order valence-corrected chi connectivity index (χ4v) is 4.27. The molecule has 0 spiro atoms. The van der Waals surface area contributed by atoms with Crippen LogP contribution in [0.2, 0.25) is 10.0 Å². The first-order valence-corrected chi connectivity index (χ1v) is 8.90. The van der Waals surface area contributed by atoms with Gasteiger partial charge in [-0.15, -0.1) is 11.3 Å². The van der Waals surface area contributed by atoms with Gasteiger partial charge in [-0.1, -0.05) is 53.5 Å². The number of thiophene rings is 1. The van der Waals surface area contributed by atoms with Crippen molar-refractivity contribution in [1.82, 2.24) is 5.32 Å². The summed E-state index contributed by atoms with van der Waals surface area (Å²) < 4.78 is 5.96. The van der Waals surface area contributed by atoms with Crippen LogP contribution in [0.4, 0.5) is 0 Å². The number of amides is 1. The Bertz CT molecular complexity index is 893. The SMILES string of the molecule is COc1ccc2c(Cl)c(C(=O)N[C@H](C)c3ccccc3)sc2c1Cl. The first-order chi connectivity index (χ1) is 11.5. The van der Waals surface area contributed by atoms with Crippen molar-refractivity contribution >= 4 is 50.5 Å². The average molecular weight is 380 g/mol. The van der Waals surface area contributed by atoms with Crippen molar-refractivity contribution in [3.05, 3.63) is 63.0 Å². The third-order valence-electron chi connectivity index (χ3n) is 3.77. The Morgan fingerprint density at radius 1 is 1.12 bits per heavy atom. The topological polar surface area (TPSA) is 38.3 Å². The number of fused-ring (bicyclic) bond motifs is 1. The van der Waals surface area contributed by atoms with Crippen LogP contribution < -0.4 is 10.1 Å². The molecule has 0 unspecified atom stereocenters. The highest BCUT2D eigenvalue weighted by atomic mass is 35.5. The third kappa shape index (κ3) is 3.09. The Hall–Kier alpha value is -1.75. The molecule has 0 fully saturated rings.